The average molecular weight is 220 g/mol. The molecule has 0 aliphatic heterocycles. The van der Waals surface area contributed by atoms with Crippen LogP contribution in [0.1, 0.15) is 53.4 Å². The summed E-state index contributed by atoms with van der Waals surface area (Å²) in [6.45, 7) is 8.47. The Labute approximate surface area is 99.3 Å². The lowest BCUT2D eigenvalue weighted by Gasteiger charge is -2.43. The molecule has 1 nitrogen and oxygen atoms in total. The zero-order valence-electron chi connectivity index (χ0n) is 11.0. The summed E-state index contributed by atoms with van der Waals surface area (Å²) < 4.78 is 0. The van der Waals surface area contributed by atoms with E-state index >= 15 is 0 Å². The summed E-state index contributed by atoms with van der Waals surface area (Å²) >= 11 is 0. The van der Waals surface area contributed by atoms with Crippen molar-refractivity contribution in [1.82, 2.24) is 0 Å². The van der Waals surface area contributed by atoms with Crippen molar-refractivity contribution in [3.8, 4) is 0 Å². The van der Waals surface area contributed by atoms with Crippen LogP contribution >= 0.6 is 0 Å². The Kier molecular flexibility index (Phi) is 2.78. The number of rotatable bonds is 1. The Morgan fingerprint density at radius 3 is 2.75 bits per heavy atom. The number of aliphatic hydroxyl groups is 1. The second-order valence-corrected chi connectivity index (χ2v) is 6.38. The third-order valence-electron chi connectivity index (χ3n) is 4.38. The fourth-order valence-corrected chi connectivity index (χ4v) is 3.22. The smallest absolute Gasteiger partial charge is 0.0837 e. The van der Waals surface area contributed by atoms with Crippen molar-refractivity contribution in [3.05, 3.63) is 23.3 Å². The molecule has 0 spiro atoms. The van der Waals surface area contributed by atoms with E-state index in [0.717, 1.165) is 12.0 Å². The number of hydrogen-bond donors (Lipinski definition) is 1. The van der Waals surface area contributed by atoms with Gasteiger partial charge in [-0.2, -0.15) is 0 Å². The summed E-state index contributed by atoms with van der Waals surface area (Å²) in [5, 5.41) is 10.1. The molecule has 1 heteroatoms. The number of fused-ring (bicyclic) bond motifs is 1. The maximum absolute atomic E-state index is 10.1. The SMILES string of the molecule is C[C@H]1CCC[C@@]2(C)CC=C(C(C)(C)O)C=C12. The molecular formula is C15H24O. The standard InChI is InChI=1S/C15H24O/c1-11-6-5-8-15(4)9-7-12(10-13(11)15)14(2,3)16/h7,10-11,16H,5-6,8-9H2,1-4H3/t11-,15-/m0/s1. The van der Waals surface area contributed by atoms with Crippen molar-refractivity contribution < 1.29 is 5.11 Å². The maximum atomic E-state index is 10.1. The van der Waals surface area contributed by atoms with E-state index in [-0.39, 0.29) is 0 Å². The minimum Gasteiger partial charge on any atom is -0.386 e. The van der Waals surface area contributed by atoms with Gasteiger partial charge in [-0.05, 0) is 50.0 Å². The summed E-state index contributed by atoms with van der Waals surface area (Å²) in [7, 11) is 0. The summed E-state index contributed by atoms with van der Waals surface area (Å²) in [4.78, 5) is 0. The predicted molar refractivity (Wildman–Crippen MR) is 68.2 cm³/mol. The summed E-state index contributed by atoms with van der Waals surface area (Å²) in [6, 6.07) is 0. The Morgan fingerprint density at radius 2 is 2.12 bits per heavy atom. The molecule has 2 aliphatic rings. The van der Waals surface area contributed by atoms with Crippen LogP contribution in [-0.2, 0) is 0 Å². The predicted octanol–water partition coefficient (Wildman–Crippen LogP) is 3.84. The molecule has 0 unspecified atom stereocenters. The Morgan fingerprint density at radius 1 is 1.44 bits per heavy atom. The van der Waals surface area contributed by atoms with Crippen LogP contribution in [0.15, 0.2) is 23.3 Å². The molecule has 0 heterocycles. The van der Waals surface area contributed by atoms with E-state index in [1.54, 1.807) is 5.57 Å². The first-order chi connectivity index (χ1) is 7.33. The van der Waals surface area contributed by atoms with Crippen molar-refractivity contribution in [2.45, 2.75) is 59.0 Å². The van der Waals surface area contributed by atoms with Gasteiger partial charge in [-0.25, -0.2) is 0 Å². The fraction of sp³-hybridized carbons (Fsp3) is 0.733. The first-order valence-corrected chi connectivity index (χ1v) is 6.48. The second-order valence-electron chi connectivity index (χ2n) is 6.38. The molecule has 1 N–H and O–H groups in total. The lowest BCUT2D eigenvalue weighted by atomic mass is 9.62. The van der Waals surface area contributed by atoms with Crippen LogP contribution in [0.2, 0.25) is 0 Å². The van der Waals surface area contributed by atoms with Crippen molar-refractivity contribution in [2.75, 3.05) is 0 Å². The summed E-state index contributed by atoms with van der Waals surface area (Å²) in [5.74, 6) is 0.685. The zero-order valence-corrected chi connectivity index (χ0v) is 11.0. The quantitative estimate of drug-likeness (QED) is 0.712. The molecule has 0 aromatic carbocycles. The maximum Gasteiger partial charge on any atom is 0.0837 e. The molecule has 0 aromatic rings. The Bertz CT molecular complexity index is 343. The normalized spacial score (nSPS) is 35.2. The van der Waals surface area contributed by atoms with Crippen molar-refractivity contribution >= 4 is 0 Å². The Balaban J connectivity index is 2.34. The van der Waals surface area contributed by atoms with Gasteiger partial charge < -0.3 is 5.11 Å². The Hall–Kier alpha value is -0.560. The van der Waals surface area contributed by atoms with Gasteiger partial charge in [0, 0.05) is 0 Å². The first kappa shape index (κ1) is 11.9. The highest BCUT2D eigenvalue weighted by Gasteiger charge is 2.37. The molecule has 0 saturated heterocycles. The molecule has 90 valence electrons. The molecule has 1 saturated carbocycles. The van der Waals surface area contributed by atoms with E-state index < -0.39 is 5.60 Å². The van der Waals surface area contributed by atoms with Gasteiger partial charge in [0.2, 0.25) is 0 Å². The van der Waals surface area contributed by atoms with E-state index in [9.17, 15) is 5.11 Å². The minimum absolute atomic E-state index is 0.367. The van der Waals surface area contributed by atoms with Gasteiger partial charge in [-0.1, -0.05) is 38.0 Å². The van der Waals surface area contributed by atoms with Crippen LogP contribution < -0.4 is 0 Å². The molecular weight excluding hydrogens is 196 g/mol. The highest BCUT2D eigenvalue weighted by Crippen LogP contribution is 2.49. The zero-order chi connectivity index (χ0) is 12.0. The molecule has 2 aliphatic carbocycles. The van der Waals surface area contributed by atoms with Crippen LogP contribution in [-0.4, -0.2) is 10.7 Å². The van der Waals surface area contributed by atoms with Crippen LogP contribution in [0.25, 0.3) is 0 Å². The van der Waals surface area contributed by atoms with E-state index in [1.807, 2.05) is 13.8 Å². The molecule has 0 aromatic heterocycles. The molecule has 0 amide bonds. The monoisotopic (exact) mass is 220 g/mol. The minimum atomic E-state index is -0.689. The second kappa shape index (κ2) is 3.73. The van der Waals surface area contributed by atoms with E-state index in [1.165, 1.54) is 19.3 Å². The molecule has 1 fully saturated rings. The lowest BCUT2D eigenvalue weighted by Crippen LogP contribution is -2.32. The average Bonchev–Trinajstić information content (AvgIpc) is 2.15. The number of allylic oxidation sites excluding steroid dienone is 2. The van der Waals surface area contributed by atoms with Gasteiger partial charge in [-0.3, -0.25) is 0 Å². The van der Waals surface area contributed by atoms with E-state index in [0.29, 0.717) is 11.3 Å². The summed E-state index contributed by atoms with van der Waals surface area (Å²) in [5.41, 5.74) is 2.35. The lowest BCUT2D eigenvalue weighted by molar-refractivity contribution is 0.120. The van der Waals surface area contributed by atoms with Gasteiger partial charge in [-0.15, -0.1) is 0 Å². The number of hydrogen-bond acceptors (Lipinski definition) is 1. The fourth-order valence-electron chi connectivity index (χ4n) is 3.22. The molecule has 16 heavy (non-hydrogen) atoms. The van der Waals surface area contributed by atoms with Crippen LogP contribution in [0.5, 0.6) is 0 Å². The highest BCUT2D eigenvalue weighted by atomic mass is 16.3. The van der Waals surface area contributed by atoms with Gasteiger partial charge >= 0.3 is 0 Å². The third-order valence-corrected chi connectivity index (χ3v) is 4.38. The summed E-state index contributed by atoms with van der Waals surface area (Å²) in [6.07, 6.45) is 9.57. The van der Waals surface area contributed by atoms with Gasteiger partial charge in [0.05, 0.1) is 5.60 Å². The van der Waals surface area contributed by atoms with E-state index in [2.05, 4.69) is 26.0 Å². The highest BCUT2D eigenvalue weighted by molar-refractivity contribution is 5.39. The first-order valence-electron chi connectivity index (χ1n) is 6.48. The van der Waals surface area contributed by atoms with Crippen LogP contribution in [0.3, 0.4) is 0 Å². The molecule has 0 radical (unpaired) electrons. The topological polar surface area (TPSA) is 20.2 Å². The van der Waals surface area contributed by atoms with Gasteiger partial charge in [0.25, 0.3) is 0 Å². The van der Waals surface area contributed by atoms with Crippen LogP contribution in [0, 0.1) is 11.3 Å². The van der Waals surface area contributed by atoms with E-state index in [4.69, 9.17) is 0 Å². The van der Waals surface area contributed by atoms with Crippen molar-refractivity contribution in [2.24, 2.45) is 11.3 Å². The van der Waals surface area contributed by atoms with Crippen molar-refractivity contribution in [1.29, 1.82) is 0 Å². The largest absolute Gasteiger partial charge is 0.386 e. The third kappa shape index (κ3) is 1.98. The van der Waals surface area contributed by atoms with Crippen LogP contribution in [0.4, 0.5) is 0 Å². The molecule has 2 rings (SSSR count). The molecule has 0 bridgehead atoms. The molecule has 2 atom stereocenters. The van der Waals surface area contributed by atoms with Gasteiger partial charge in [0.1, 0.15) is 0 Å². The van der Waals surface area contributed by atoms with Gasteiger partial charge in [0.15, 0.2) is 0 Å². The van der Waals surface area contributed by atoms with Crippen molar-refractivity contribution in [3.63, 3.8) is 0 Å².